The number of benzene rings is 1. The predicted molar refractivity (Wildman–Crippen MR) is 46.1 cm³/mol. The van der Waals surface area contributed by atoms with Crippen molar-refractivity contribution in [3.05, 3.63) is 34.9 Å². The molecule has 0 spiro atoms. The summed E-state index contributed by atoms with van der Waals surface area (Å²) >= 11 is 0. The monoisotopic (exact) mass is 201 g/mol. The predicted octanol–water partition coefficient (Wildman–Crippen LogP) is 1.16. The number of hydrogen-bond acceptors (Lipinski definition) is 2. The molecule has 0 unspecified atom stereocenters. The molecule has 0 fully saturated rings. The van der Waals surface area contributed by atoms with E-state index in [9.17, 15) is 13.6 Å². The first-order valence-electron chi connectivity index (χ1n) is 3.97. The van der Waals surface area contributed by atoms with E-state index in [-0.39, 0.29) is 18.5 Å². The zero-order valence-electron chi connectivity index (χ0n) is 7.26. The first-order chi connectivity index (χ1) is 6.56. The summed E-state index contributed by atoms with van der Waals surface area (Å²) in [6.07, 6.45) is 0.187. The molecule has 0 bridgehead atoms. The van der Waals surface area contributed by atoms with Gasteiger partial charge in [-0.15, -0.1) is 0 Å². The van der Waals surface area contributed by atoms with Crippen LogP contribution in [0.5, 0.6) is 0 Å². The van der Waals surface area contributed by atoms with Crippen molar-refractivity contribution in [1.82, 2.24) is 0 Å². The molecule has 3 nitrogen and oxygen atoms in total. The van der Waals surface area contributed by atoms with E-state index in [1.807, 2.05) is 0 Å². The van der Waals surface area contributed by atoms with Crippen LogP contribution in [0.15, 0.2) is 12.1 Å². The van der Waals surface area contributed by atoms with Crippen molar-refractivity contribution in [2.75, 3.05) is 6.54 Å². The van der Waals surface area contributed by atoms with E-state index in [4.69, 9.17) is 10.8 Å². The highest BCUT2D eigenvalue weighted by molar-refractivity contribution is 5.88. The summed E-state index contributed by atoms with van der Waals surface area (Å²) < 4.78 is 25.9. The van der Waals surface area contributed by atoms with E-state index in [1.165, 1.54) is 0 Å². The molecule has 0 heterocycles. The number of carboxylic acid groups (broad SMARTS) is 1. The Bertz CT molecular complexity index is 366. The van der Waals surface area contributed by atoms with Gasteiger partial charge >= 0.3 is 5.97 Å². The number of nitrogens with two attached hydrogens (primary N) is 1. The van der Waals surface area contributed by atoms with Gasteiger partial charge in [0.1, 0.15) is 11.6 Å². The Labute approximate surface area is 79.2 Å². The number of aromatic carboxylic acids is 1. The maximum absolute atomic E-state index is 13.0. The number of carbonyl (C=O) groups is 1. The third-order valence-electron chi connectivity index (χ3n) is 1.78. The van der Waals surface area contributed by atoms with Crippen molar-refractivity contribution in [2.24, 2.45) is 5.73 Å². The van der Waals surface area contributed by atoms with E-state index in [0.29, 0.717) is 6.07 Å². The van der Waals surface area contributed by atoms with Gasteiger partial charge in [0, 0.05) is 6.07 Å². The van der Waals surface area contributed by atoms with Crippen LogP contribution in [-0.4, -0.2) is 17.6 Å². The van der Waals surface area contributed by atoms with Crippen molar-refractivity contribution >= 4 is 5.97 Å². The van der Waals surface area contributed by atoms with Crippen molar-refractivity contribution in [3.8, 4) is 0 Å². The van der Waals surface area contributed by atoms with Gasteiger partial charge in [-0.3, -0.25) is 0 Å². The minimum atomic E-state index is -1.42. The van der Waals surface area contributed by atoms with Gasteiger partial charge in [0.05, 0.1) is 5.56 Å². The Morgan fingerprint density at radius 3 is 2.50 bits per heavy atom. The molecule has 5 heteroatoms. The zero-order chi connectivity index (χ0) is 10.7. The molecule has 1 aromatic rings. The summed E-state index contributed by atoms with van der Waals surface area (Å²) in [5.74, 6) is -3.26. The Kier molecular flexibility index (Phi) is 3.14. The van der Waals surface area contributed by atoms with Gasteiger partial charge in [0.25, 0.3) is 0 Å². The second-order valence-corrected chi connectivity index (χ2v) is 2.77. The van der Waals surface area contributed by atoms with Crippen LogP contribution >= 0.6 is 0 Å². The minimum absolute atomic E-state index is 0.117. The van der Waals surface area contributed by atoms with E-state index in [0.717, 1.165) is 6.07 Å². The van der Waals surface area contributed by atoms with Gasteiger partial charge in [-0.25, -0.2) is 13.6 Å². The van der Waals surface area contributed by atoms with Crippen LogP contribution in [0.25, 0.3) is 0 Å². The molecule has 0 aliphatic rings. The van der Waals surface area contributed by atoms with Crippen molar-refractivity contribution in [1.29, 1.82) is 0 Å². The van der Waals surface area contributed by atoms with Crippen LogP contribution in [-0.2, 0) is 6.42 Å². The molecule has 0 saturated carbocycles. The Hall–Kier alpha value is -1.49. The maximum atomic E-state index is 13.0. The smallest absolute Gasteiger partial charge is 0.338 e. The summed E-state index contributed by atoms with van der Waals surface area (Å²) in [4.78, 5) is 10.5. The van der Waals surface area contributed by atoms with Gasteiger partial charge < -0.3 is 10.8 Å². The van der Waals surface area contributed by atoms with Crippen molar-refractivity contribution in [3.63, 3.8) is 0 Å². The molecular weight excluding hydrogens is 192 g/mol. The Balaban J connectivity index is 3.20. The average molecular weight is 201 g/mol. The van der Waals surface area contributed by atoms with E-state index >= 15 is 0 Å². The number of carboxylic acids is 1. The summed E-state index contributed by atoms with van der Waals surface area (Å²) in [5, 5.41) is 8.56. The minimum Gasteiger partial charge on any atom is -0.478 e. The number of hydrogen-bond donors (Lipinski definition) is 2. The second kappa shape index (κ2) is 4.15. The molecule has 0 saturated heterocycles. The third kappa shape index (κ3) is 2.05. The fourth-order valence-electron chi connectivity index (χ4n) is 1.10. The van der Waals surface area contributed by atoms with Gasteiger partial charge in [0.2, 0.25) is 0 Å². The van der Waals surface area contributed by atoms with Crippen LogP contribution in [0.3, 0.4) is 0 Å². The van der Waals surface area contributed by atoms with Gasteiger partial charge in [-0.2, -0.15) is 0 Å². The Morgan fingerprint density at radius 1 is 1.36 bits per heavy atom. The van der Waals surface area contributed by atoms with Crippen LogP contribution in [0.1, 0.15) is 15.9 Å². The fraction of sp³-hybridized carbons (Fsp3) is 0.222. The highest BCUT2D eigenvalue weighted by Gasteiger charge is 2.14. The van der Waals surface area contributed by atoms with Crippen LogP contribution < -0.4 is 5.73 Å². The molecule has 0 radical (unpaired) electrons. The molecule has 1 aromatic carbocycles. The van der Waals surface area contributed by atoms with Gasteiger partial charge in [0.15, 0.2) is 0 Å². The molecule has 1 rings (SSSR count). The highest BCUT2D eigenvalue weighted by Crippen LogP contribution is 2.15. The van der Waals surface area contributed by atoms with E-state index in [1.54, 1.807) is 0 Å². The lowest BCUT2D eigenvalue weighted by atomic mass is 10.1. The van der Waals surface area contributed by atoms with Gasteiger partial charge in [-0.05, 0) is 24.6 Å². The second-order valence-electron chi connectivity index (χ2n) is 2.77. The Morgan fingerprint density at radius 2 is 2.00 bits per heavy atom. The first-order valence-corrected chi connectivity index (χ1v) is 3.97. The lowest BCUT2D eigenvalue weighted by molar-refractivity contribution is 0.0691. The molecule has 0 atom stereocenters. The molecule has 0 aromatic heterocycles. The lowest BCUT2D eigenvalue weighted by Crippen LogP contribution is -2.08. The quantitative estimate of drug-likeness (QED) is 0.771. The highest BCUT2D eigenvalue weighted by atomic mass is 19.1. The number of rotatable bonds is 3. The standard InChI is InChI=1S/C9H9F2NO2/c10-7-4-8(11)6(9(13)14)3-5(7)1-2-12/h3-4H,1-2,12H2,(H,13,14). The zero-order valence-corrected chi connectivity index (χ0v) is 7.26. The molecule has 0 amide bonds. The molecule has 0 aliphatic heterocycles. The molecule has 14 heavy (non-hydrogen) atoms. The van der Waals surface area contributed by atoms with Crippen LogP contribution in [0.2, 0.25) is 0 Å². The topological polar surface area (TPSA) is 63.3 Å². The molecular formula is C9H9F2NO2. The largest absolute Gasteiger partial charge is 0.478 e. The van der Waals surface area contributed by atoms with Crippen molar-refractivity contribution < 1.29 is 18.7 Å². The molecule has 0 aliphatic carbocycles. The first kappa shape index (κ1) is 10.6. The molecule has 76 valence electrons. The third-order valence-corrected chi connectivity index (χ3v) is 1.78. The van der Waals surface area contributed by atoms with Crippen LogP contribution in [0, 0.1) is 11.6 Å². The maximum Gasteiger partial charge on any atom is 0.338 e. The van der Waals surface area contributed by atoms with Crippen LogP contribution in [0.4, 0.5) is 8.78 Å². The van der Waals surface area contributed by atoms with E-state index < -0.39 is 23.2 Å². The molecule has 3 N–H and O–H groups in total. The summed E-state index contributed by atoms with van der Waals surface area (Å²) in [6, 6.07) is 1.54. The van der Waals surface area contributed by atoms with Crippen molar-refractivity contribution in [2.45, 2.75) is 6.42 Å². The SMILES string of the molecule is NCCc1cc(C(=O)O)c(F)cc1F. The summed E-state index contributed by atoms with van der Waals surface area (Å²) in [5.41, 5.74) is 4.77. The fourth-order valence-corrected chi connectivity index (χ4v) is 1.10. The summed E-state index contributed by atoms with van der Waals surface area (Å²) in [7, 11) is 0. The average Bonchev–Trinajstić information content (AvgIpc) is 2.09. The normalized spacial score (nSPS) is 10.2. The number of halogens is 2. The van der Waals surface area contributed by atoms with E-state index in [2.05, 4.69) is 0 Å². The summed E-state index contributed by atoms with van der Waals surface area (Å²) in [6.45, 7) is 0.182. The lowest BCUT2D eigenvalue weighted by Gasteiger charge is -2.04. The van der Waals surface area contributed by atoms with Gasteiger partial charge in [-0.1, -0.05) is 0 Å².